The van der Waals surface area contributed by atoms with Gasteiger partial charge < -0.3 is 10.8 Å². The summed E-state index contributed by atoms with van der Waals surface area (Å²) in [6.07, 6.45) is -8.65. The molecule has 36 heavy (non-hydrogen) atoms. The van der Waals surface area contributed by atoms with Gasteiger partial charge in [0.25, 0.3) is 6.08 Å². The van der Waals surface area contributed by atoms with Crippen molar-refractivity contribution in [1.29, 1.82) is 0 Å². The maximum Gasteiger partial charge on any atom is 0.490 e. The Balaban J connectivity index is 0.000000572. The molecule has 0 bridgehead atoms. The Hall–Kier alpha value is -4.22. The Morgan fingerprint density at radius 1 is 1.03 bits per heavy atom. The molecule has 3 rings (SSSR count). The van der Waals surface area contributed by atoms with Crippen LogP contribution < -0.4 is 11.4 Å². The van der Waals surface area contributed by atoms with Crippen LogP contribution in [0.3, 0.4) is 0 Å². The molecule has 3 heterocycles. The number of nitrogens with one attached hydrogen (secondary N) is 1. The second kappa shape index (κ2) is 11.0. The number of nitrogens with two attached hydrogens (primary N) is 1. The van der Waals surface area contributed by atoms with Crippen molar-refractivity contribution in [2.45, 2.75) is 18.8 Å². The molecule has 10 nitrogen and oxygen atoms in total. The van der Waals surface area contributed by atoms with E-state index >= 15 is 0 Å². The molecule has 3 aromatic rings. The largest absolute Gasteiger partial charge is 0.490 e. The number of aromatic amines is 1. The highest BCUT2D eigenvalue weighted by atomic mass is 19.4. The number of carbonyl (C=O) groups is 1. The van der Waals surface area contributed by atoms with E-state index in [9.17, 15) is 39.9 Å². The van der Waals surface area contributed by atoms with Crippen LogP contribution in [0.15, 0.2) is 47.2 Å². The number of aliphatic carboxylic acids is 1. The Kier molecular flexibility index (Phi) is 8.57. The van der Waals surface area contributed by atoms with E-state index in [0.29, 0.717) is 0 Å². The number of rotatable bonds is 5. The summed E-state index contributed by atoms with van der Waals surface area (Å²) >= 11 is 0. The quantitative estimate of drug-likeness (QED) is 0.429. The summed E-state index contributed by atoms with van der Waals surface area (Å²) < 4.78 is 96.1. The van der Waals surface area contributed by atoms with Gasteiger partial charge in [-0.3, -0.25) is 9.97 Å². The number of alkyl halides is 6. The van der Waals surface area contributed by atoms with Crippen molar-refractivity contribution in [1.82, 2.24) is 29.7 Å². The lowest BCUT2D eigenvalue weighted by Gasteiger charge is -2.08. The summed E-state index contributed by atoms with van der Waals surface area (Å²) in [5.74, 6) is -2.83. The lowest BCUT2D eigenvalue weighted by molar-refractivity contribution is -0.192. The number of aromatic nitrogens is 6. The number of carboxylic acid groups (broad SMARTS) is 1. The average molecular weight is 527 g/mol. The molecule has 4 N–H and O–H groups in total. The van der Waals surface area contributed by atoms with Crippen molar-refractivity contribution in [2.24, 2.45) is 5.73 Å². The molecule has 0 unspecified atom stereocenters. The van der Waals surface area contributed by atoms with E-state index in [2.05, 4.69) is 25.1 Å². The van der Waals surface area contributed by atoms with Crippen molar-refractivity contribution in [2.75, 3.05) is 6.54 Å². The van der Waals surface area contributed by atoms with Crippen molar-refractivity contribution in [3.8, 4) is 17.1 Å². The highest BCUT2D eigenvalue weighted by Crippen LogP contribution is 2.28. The molecule has 0 aliphatic heterocycles. The van der Waals surface area contributed by atoms with Gasteiger partial charge in [0.1, 0.15) is 11.5 Å². The maximum absolute atomic E-state index is 12.8. The normalized spacial score (nSPS) is 11.5. The molecule has 0 aliphatic carbocycles. The molecule has 3 aromatic heterocycles. The summed E-state index contributed by atoms with van der Waals surface area (Å²) in [5, 5.41) is 13.0. The zero-order chi connectivity index (χ0) is 27.3. The van der Waals surface area contributed by atoms with Crippen LogP contribution in [0.5, 0.6) is 0 Å². The Bertz CT molecular complexity index is 1280. The molecule has 0 saturated carbocycles. The van der Waals surface area contributed by atoms with E-state index in [1.165, 1.54) is 12.3 Å². The summed E-state index contributed by atoms with van der Waals surface area (Å²) in [6.45, 7) is -0.422. The van der Waals surface area contributed by atoms with Gasteiger partial charge in [-0.1, -0.05) is 0 Å². The van der Waals surface area contributed by atoms with Crippen LogP contribution in [0, 0.1) is 0 Å². The fourth-order valence-electron chi connectivity index (χ4n) is 2.39. The van der Waals surface area contributed by atoms with Crippen LogP contribution in [-0.4, -0.2) is 53.5 Å². The summed E-state index contributed by atoms with van der Waals surface area (Å²) in [5.41, 5.74) is 3.56. The van der Waals surface area contributed by atoms with E-state index in [1.807, 2.05) is 0 Å². The number of hydrogen-bond acceptors (Lipinski definition) is 7. The molecule has 0 saturated heterocycles. The smallest absolute Gasteiger partial charge is 0.475 e. The highest BCUT2D eigenvalue weighted by Gasteiger charge is 2.38. The van der Waals surface area contributed by atoms with Gasteiger partial charge in [0, 0.05) is 30.3 Å². The summed E-state index contributed by atoms with van der Waals surface area (Å²) in [4.78, 5) is 32.3. The zero-order valence-corrected chi connectivity index (χ0v) is 17.4. The van der Waals surface area contributed by atoms with Crippen LogP contribution in [0.1, 0.15) is 11.5 Å². The number of halogens is 8. The van der Waals surface area contributed by atoms with Crippen molar-refractivity contribution >= 4 is 5.97 Å². The van der Waals surface area contributed by atoms with Gasteiger partial charge in [0.05, 0.1) is 18.1 Å². The minimum atomic E-state index is -5.08. The van der Waals surface area contributed by atoms with E-state index in [0.717, 1.165) is 23.0 Å². The van der Waals surface area contributed by atoms with Crippen LogP contribution in [0.2, 0.25) is 0 Å². The minimum absolute atomic E-state index is 0.0157. The predicted molar refractivity (Wildman–Crippen MR) is 104 cm³/mol. The van der Waals surface area contributed by atoms with Crippen LogP contribution in [-0.2, 0) is 17.4 Å². The standard InChI is InChI=1S/C16H12F5N7O.C2HF3O2/c17-14(18)9(4-22)3-12-26-27-15(29)28(12)13-7-23-10(6-25-13)8-1-2-11(24-5-8)16(19,20)21;3-2(4,5)1(6)7/h1-2,5-7H,3-4,22H2,(H,27,29);(H,6,7). The number of nitrogens with zero attached hydrogens (tertiary/aromatic N) is 5. The fourth-order valence-corrected chi connectivity index (χ4v) is 2.39. The van der Waals surface area contributed by atoms with Gasteiger partial charge in [0.15, 0.2) is 5.82 Å². The summed E-state index contributed by atoms with van der Waals surface area (Å²) in [6, 6.07) is 1.98. The van der Waals surface area contributed by atoms with Gasteiger partial charge in [0.2, 0.25) is 0 Å². The Labute approximate surface area is 194 Å². The second-order valence-corrected chi connectivity index (χ2v) is 6.52. The third-order valence-corrected chi connectivity index (χ3v) is 4.09. The fraction of sp³-hybridized carbons (Fsp3) is 0.222. The third-order valence-electron chi connectivity index (χ3n) is 4.09. The molecular formula is C18H13F8N7O3. The van der Waals surface area contributed by atoms with Gasteiger partial charge >= 0.3 is 24.0 Å². The van der Waals surface area contributed by atoms with Crippen molar-refractivity contribution in [3.05, 3.63) is 64.4 Å². The van der Waals surface area contributed by atoms with Gasteiger partial charge in [-0.05, 0) is 12.1 Å². The van der Waals surface area contributed by atoms with E-state index in [-0.39, 0.29) is 29.3 Å². The first-order valence-electron chi connectivity index (χ1n) is 9.20. The van der Waals surface area contributed by atoms with Gasteiger partial charge in [-0.25, -0.2) is 24.2 Å². The molecule has 0 aliphatic rings. The monoisotopic (exact) mass is 527 g/mol. The van der Waals surface area contributed by atoms with E-state index in [1.54, 1.807) is 0 Å². The SMILES string of the molecule is NCC(Cc1n[nH]c(=O)n1-c1cnc(-c2ccc(C(F)(F)F)nc2)cn1)=C(F)F.O=C(O)C(F)(F)F. The second-order valence-electron chi connectivity index (χ2n) is 6.52. The van der Waals surface area contributed by atoms with Gasteiger partial charge in [-0.15, -0.1) is 0 Å². The van der Waals surface area contributed by atoms with E-state index < -0.39 is 47.9 Å². The Morgan fingerprint density at radius 3 is 2.08 bits per heavy atom. The lowest BCUT2D eigenvalue weighted by atomic mass is 10.2. The molecule has 0 atom stereocenters. The maximum atomic E-state index is 12.8. The first-order chi connectivity index (χ1) is 16.6. The first kappa shape index (κ1) is 28.0. The number of hydrogen-bond donors (Lipinski definition) is 3. The topological polar surface area (TPSA) is 153 Å². The predicted octanol–water partition coefficient (Wildman–Crippen LogP) is 2.72. The van der Waals surface area contributed by atoms with Crippen molar-refractivity contribution < 1.29 is 45.0 Å². The molecule has 0 amide bonds. The van der Waals surface area contributed by atoms with Gasteiger partial charge in [-0.2, -0.15) is 40.2 Å². The molecule has 0 fully saturated rings. The van der Waals surface area contributed by atoms with Crippen molar-refractivity contribution in [3.63, 3.8) is 0 Å². The Morgan fingerprint density at radius 2 is 1.67 bits per heavy atom. The molecular weight excluding hydrogens is 514 g/mol. The minimum Gasteiger partial charge on any atom is -0.475 e. The van der Waals surface area contributed by atoms with Crippen LogP contribution in [0.25, 0.3) is 17.1 Å². The number of pyridine rings is 1. The molecule has 0 spiro atoms. The van der Waals surface area contributed by atoms with Crippen LogP contribution >= 0.6 is 0 Å². The van der Waals surface area contributed by atoms with E-state index in [4.69, 9.17) is 15.6 Å². The lowest BCUT2D eigenvalue weighted by Crippen LogP contribution is -2.21. The molecule has 0 radical (unpaired) electrons. The zero-order valence-electron chi connectivity index (χ0n) is 17.4. The summed E-state index contributed by atoms with van der Waals surface area (Å²) in [7, 11) is 0. The average Bonchev–Trinajstić information content (AvgIpc) is 3.16. The highest BCUT2D eigenvalue weighted by molar-refractivity contribution is 5.73. The van der Waals surface area contributed by atoms with Crippen LogP contribution in [0.4, 0.5) is 35.1 Å². The molecule has 194 valence electrons. The third kappa shape index (κ3) is 7.14. The first-order valence-corrected chi connectivity index (χ1v) is 9.20. The number of carboxylic acids is 1. The molecule has 18 heteroatoms. The number of H-pyrrole nitrogens is 1. The molecule has 0 aromatic carbocycles.